The summed E-state index contributed by atoms with van der Waals surface area (Å²) in [5.74, 6) is 1.18. The number of rotatable bonds is 4. The zero-order valence-electron chi connectivity index (χ0n) is 14.2. The molecular formula is C18H26N2O3. The summed E-state index contributed by atoms with van der Waals surface area (Å²) in [7, 11) is 5.40. The van der Waals surface area contributed by atoms with Crippen molar-refractivity contribution in [1.29, 1.82) is 0 Å². The molecule has 2 aliphatic rings. The summed E-state index contributed by atoms with van der Waals surface area (Å²) in [6, 6.07) is 6.76. The number of methoxy groups -OCH3 is 2. The van der Waals surface area contributed by atoms with Crippen molar-refractivity contribution in [3.63, 3.8) is 0 Å². The molecule has 2 heterocycles. The van der Waals surface area contributed by atoms with E-state index in [2.05, 4.69) is 17.3 Å². The summed E-state index contributed by atoms with van der Waals surface area (Å²) in [5, 5.41) is 3.21. The molecule has 0 aliphatic carbocycles. The topological polar surface area (TPSA) is 50.8 Å². The van der Waals surface area contributed by atoms with E-state index in [-0.39, 0.29) is 11.9 Å². The Morgan fingerprint density at radius 3 is 2.48 bits per heavy atom. The lowest BCUT2D eigenvalue weighted by atomic mass is 9.82. The zero-order chi connectivity index (χ0) is 16.4. The molecule has 23 heavy (non-hydrogen) atoms. The Balaban J connectivity index is 1.70. The van der Waals surface area contributed by atoms with Gasteiger partial charge in [0.05, 0.1) is 19.8 Å². The first kappa shape index (κ1) is 16.1. The van der Waals surface area contributed by atoms with Crippen molar-refractivity contribution in [2.75, 3.05) is 21.3 Å². The number of fused-ring (bicyclic) bond motifs is 2. The fourth-order valence-corrected chi connectivity index (χ4v) is 3.98. The van der Waals surface area contributed by atoms with E-state index in [0.717, 1.165) is 12.8 Å². The minimum Gasteiger partial charge on any atom is -0.497 e. The minimum absolute atomic E-state index is 0.0582. The quantitative estimate of drug-likeness (QED) is 0.926. The number of piperidine rings is 2. The van der Waals surface area contributed by atoms with Crippen LogP contribution in [0, 0.1) is 0 Å². The van der Waals surface area contributed by atoms with Gasteiger partial charge in [-0.1, -0.05) is 6.42 Å². The molecule has 2 fully saturated rings. The molecule has 2 unspecified atom stereocenters. The maximum Gasteiger partial charge on any atom is 0.255 e. The van der Waals surface area contributed by atoms with Gasteiger partial charge in [-0.15, -0.1) is 0 Å². The van der Waals surface area contributed by atoms with E-state index >= 15 is 0 Å². The third kappa shape index (κ3) is 3.29. The Hall–Kier alpha value is -1.75. The molecule has 2 atom stereocenters. The van der Waals surface area contributed by atoms with Crippen molar-refractivity contribution in [2.24, 2.45) is 0 Å². The van der Waals surface area contributed by atoms with Gasteiger partial charge in [0.25, 0.3) is 5.91 Å². The van der Waals surface area contributed by atoms with Gasteiger partial charge in [-0.2, -0.15) is 0 Å². The summed E-state index contributed by atoms with van der Waals surface area (Å²) in [4.78, 5) is 15.1. The molecule has 5 heteroatoms. The van der Waals surface area contributed by atoms with Gasteiger partial charge < -0.3 is 19.7 Å². The van der Waals surface area contributed by atoms with Gasteiger partial charge in [-0.3, -0.25) is 4.79 Å². The predicted molar refractivity (Wildman–Crippen MR) is 89.2 cm³/mol. The highest BCUT2D eigenvalue weighted by atomic mass is 16.5. The van der Waals surface area contributed by atoms with Crippen LogP contribution in [0.15, 0.2) is 18.2 Å². The van der Waals surface area contributed by atoms with Crippen LogP contribution in [0.1, 0.15) is 42.5 Å². The van der Waals surface area contributed by atoms with E-state index < -0.39 is 0 Å². The van der Waals surface area contributed by atoms with Crippen molar-refractivity contribution < 1.29 is 14.3 Å². The Morgan fingerprint density at radius 1 is 1.17 bits per heavy atom. The van der Waals surface area contributed by atoms with Crippen molar-refractivity contribution in [3.8, 4) is 11.5 Å². The van der Waals surface area contributed by atoms with Gasteiger partial charge in [-0.05, 0) is 44.9 Å². The lowest BCUT2D eigenvalue weighted by Gasteiger charge is -2.47. The number of carbonyl (C=O) groups excluding carboxylic acids is 1. The molecule has 1 N–H and O–H groups in total. The maximum atomic E-state index is 12.6. The van der Waals surface area contributed by atoms with Gasteiger partial charge in [0.1, 0.15) is 11.5 Å². The Kier molecular flexibility index (Phi) is 4.76. The lowest BCUT2D eigenvalue weighted by Crippen LogP contribution is -2.55. The van der Waals surface area contributed by atoms with E-state index in [0.29, 0.717) is 29.1 Å². The van der Waals surface area contributed by atoms with Crippen LogP contribution in [0.25, 0.3) is 0 Å². The van der Waals surface area contributed by atoms with Crippen molar-refractivity contribution in [1.82, 2.24) is 10.2 Å². The molecule has 2 saturated heterocycles. The molecule has 1 aromatic carbocycles. The van der Waals surface area contributed by atoms with Crippen LogP contribution in [-0.2, 0) is 0 Å². The smallest absolute Gasteiger partial charge is 0.255 e. The molecule has 126 valence electrons. The number of amides is 1. The first-order valence-electron chi connectivity index (χ1n) is 8.37. The van der Waals surface area contributed by atoms with Crippen molar-refractivity contribution in [3.05, 3.63) is 23.8 Å². The molecular weight excluding hydrogens is 292 g/mol. The fraction of sp³-hybridized carbons (Fsp3) is 0.611. The van der Waals surface area contributed by atoms with E-state index in [4.69, 9.17) is 9.47 Å². The molecule has 2 aliphatic heterocycles. The number of benzene rings is 1. The number of carbonyl (C=O) groups is 1. The Labute approximate surface area is 137 Å². The van der Waals surface area contributed by atoms with Gasteiger partial charge in [0.2, 0.25) is 0 Å². The summed E-state index contributed by atoms with van der Waals surface area (Å²) >= 11 is 0. The highest BCUT2D eigenvalue weighted by Crippen LogP contribution is 2.33. The fourth-order valence-electron chi connectivity index (χ4n) is 3.98. The van der Waals surface area contributed by atoms with Crippen molar-refractivity contribution in [2.45, 2.75) is 50.2 Å². The van der Waals surface area contributed by atoms with Crippen LogP contribution < -0.4 is 14.8 Å². The van der Waals surface area contributed by atoms with Crippen LogP contribution >= 0.6 is 0 Å². The highest BCUT2D eigenvalue weighted by Gasteiger charge is 2.36. The zero-order valence-corrected chi connectivity index (χ0v) is 14.2. The monoisotopic (exact) mass is 318 g/mol. The summed E-state index contributed by atoms with van der Waals surface area (Å²) in [6.07, 6.45) is 5.87. The van der Waals surface area contributed by atoms with E-state index in [1.54, 1.807) is 32.4 Å². The van der Waals surface area contributed by atoms with Crippen LogP contribution in [-0.4, -0.2) is 50.2 Å². The Bertz CT molecular complexity index is 561. The van der Waals surface area contributed by atoms with Crippen LogP contribution in [0.2, 0.25) is 0 Å². The van der Waals surface area contributed by atoms with Crippen LogP contribution in [0.4, 0.5) is 0 Å². The number of nitrogens with zero attached hydrogens (tertiary/aromatic N) is 1. The molecule has 0 spiro atoms. The normalized spacial score (nSPS) is 27.3. The first-order chi connectivity index (χ1) is 11.1. The highest BCUT2D eigenvalue weighted by molar-refractivity contribution is 5.97. The largest absolute Gasteiger partial charge is 0.497 e. The molecule has 2 bridgehead atoms. The molecule has 0 aromatic heterocycles. The molecule has 5 nitrogen and oxygen atoms in total. The molecule has 3 rings (SSSR count). The van der Waals surface area contributed by atoms with Crippen LogP contribution in [0.3, 0.4) is 0 Å². The summed E-state index contributed by atoms with van der Waals surface area (Å²) in [5.41, 5.74) is 0.567. The number of nitrogens with one attached hydrogen (secondary N) is 1. The van der Waals surface area contributed by atoms with Crippen molar-refractivity contribution >= 4 is 5.91 Å². The van der Waals surface area contributed by atoms with Gasteiger partial charge in [0.15, 0.2) is 0 Å². The average molecular weight is 318 g/mol. The SMILES string of the molecule is COc1ccc(C(=O)NC2CC3CCCC(C2)N3C)c(OC)c1. The predicted octanol–water partition coefficient (Wildman–Crippen LogP) is 2.45. The van der Waals surface area contributed by atoms with Gasteiger partial charge in [-0.25, -0.2) is 0 Å². The standard InChI is InChI=1S/C18H26N2O3/c1-20-13-5-4-6-14(20)10-12(9-13)19-18(21)16-8-7-15(22-2)11-17(16)23-3/h7-8,11-14H,4-6,9-10H2,1-3H3,(H,19,21). The van der Waals surface area contributed by atoms with E-state index in [9.17, 15) is 4.79 Å². The average Bonchev–Trinajstić information content (AvgIpc) is 2.55. The second kappa shape index (κ2) is 6.79. The Morgan fingerprint density at radius 2 is 1.87 bits per heavy atom. The minimum atomic E-state index is -0.0582. The number of hydrogen-bond donors (Lipinski definition) is 1. The number of hydrogen-bond acceptors (Lipinski definition) is 4. The lowest BCUT2D eigenvalue weighted by molar-refractivity contribution is 0.0462. The summed E-state index contributed by atoms with van der Waals surface area (Å²) in [6.45, 7) is 0. The van der Waals surface area contributed by atoms with E-state index in [1.807, 2.05) is 0 Å². The third-order valence-corrected chi connectivity index (χ3v) is 5.33. The number of ether oxygens (including phenoxy) is 2. The molecule has 1 amide bonds. The van der Waals surface area contributed by atoms with Gasteiger partial charge >= 0.3 is 0 Å². The second-order valence-electron chi connectivity index (χ2n) is 6.61. The third-order valence-electron chi connectivity index (χ3n) is 5.33. The van der Waals surface area contributed by atoms with Crippen LogP contribution in [0.5, 0.6) is 11.5 Å². The first-order valence-corrected chi connectivity index (χ1v) is 8.37. The summed E-state index contributed by atoms with van der Waals surface area (Å²) < 4.78 is 10.5. The second-order valence-corrected chi connectivity index (χ2v) is 6.61. The molecule has 1 aromatic rings. The molecule has 0 saturated carbocycles. The maximum absolute atomic E-state index is 12.6. The van der Waals surface area contributed by atoms with Gasteiger partial charge in [0, 0.05) is 24.2 Å². The van der Waals surface area contributed by atoms with E-state index in [1.165, 1.54) is 19.3 Å². The molecule has 0 radical (unpaired) electrons.